The zero-order valence-corrected chi connectivity index (χ0v) is 13.2. The number of amides is 2. The van der Waals surface area contributed by atoms with Crippen molar-refractivity contribution in [2.24, 2.45) is 5.92 Å². The van der Waals surface area contributed by atoms with E-state index in [0.29, 0.717) is 17.5 Å². The summed E-state index contributed by atoms with van der Waals surface area (Å²) >= 11 is 0. The lowest BCUT2D eigenvalue weighted by Gasteiger charge is -2.23. The third kappa shape index (κ3) is 4.85. The Morgan fingerprint density at radius 3 is 2.38 bits per heavy atom. The molecule has 0 saturated heterocycles. The van der Waals surface area contributed by atoms with Crippen molar-refractivity contribution >= 4 is 11.8 Å². The van der Waals surface area contributed by atoms with E-state index >= 15 is 0 Å². The molecule has 2 amide bonds. The molecule has 21 heavy (non-hydrogen) atoms. The Kier molecular flexibility index (Phi) is 5.88. The molecule has 0 heterocycles. The van der Waals surface area contributed by atoms with Gasteiger partial charge < -0.3 is 10.2 Å². The quantitative estimate of drug-likeness (QED) is 0.906. The highest BCUT2D eigenvalue weighted by Gasteiger charge is 2.24. The Morgan fingerprint density at radius 2 is 1.90 bits per heavy atom. The number of rotatable bonds is 5. The van der Waals surface area contributed by atoms with Gasteiger partial charge >= 0.3 is 0 Å². The molecule has 0 aliphatic carbocycles. The fourth-order valence-electron chi connectivity index (χ4n) is 2.03. The van der Waals surface area contributed by atoms with Crippen LogP contribution in [0.5, 0.6) is 0 Å². The van der Waals surface area contributed by atoms with Crippen LogP contribution in [-0.2, 0) is 4.79 Å². The van der Waals surface area contributed by atoms with Crippen molar-refractivity contribution < 1.29 is 14.0 Å². The van der Waals surface area contributed by atoms with Gasteiger partial charge in [0.2, 0.25) is 5.91 Å². The van der Waals surface area contributed by atoms with E-state index < -0.39 is 6.04 Å². The van der Waals surface area contributed by atoms with E-state index in [1.54, 1.807) is 21.0 Å². The maximum absolute atomic E-state index is 13.2. The second kappa shape index (κ2) is 7.20. The Hall–Kier alpha value is -1.91. The first-order chi connectivity index (χ1) is 9.72. The van der Waals surface area contributed by atoms with Gasteiger partial charge in [-0.2, -0.15) is 0 Å². The normalized spacial score (nSPS) is 12.1. The van der Waals surface area contributed by atoms with E-state index in [0.717, 1.165) is 0 Å². The summed E-state index contributed by atoms with van der Waals surface area (Å²) in [7, 11) is 3.31. The van der Waals surface area contributed by atoms with Crippen LogP contribution in [-0.4, -0.2) is 36.9 Å². The number of benzene rings is 1. The number of aryl methyl sites for hydroxylation is 1. The first-order valence-electron chi connectivity index (χ1n) is 7.00. The highest BCUT2D eigenvalue weighted by atomic mass is 19.1. The summed E-state index contributed by atoms with van der Waals surface area (Å²) in [5, 5.41) is 2.74. The predicted molar refractivity (Wildman–Crippen MR) is 80.5 cm³/mol. The Morgan fingerprint density at radius 1 is 1.29 bits per heavy atom. The number of carbonyl (C=O) groups is 2. The number of likely N-dealkylation sites (N-methyl/N-ethyl adjacent to an activating group) is 1. The molecule has 1 N–H and O–H groups in total. The molecule has 1 atom stereocenters. The molecule has 5 heteroatoms. The van der Waals surface area contributed by atoms with Crippen LogP contribution in [0.15, 0.2) is 18.2 Å². The molecule has 1 aromatic rings. The van der Waals surface area contributed by atoms with Crippen molar-refractivity contribution in [2.75, 3.05) is 14.1 Å². The molecule has 0 bridgehead atoms. The third-order valence-corrected chi connectivity index (χ3v) is 3.17. The molecule has 0 saturated carbocycles. The highest BCUT2D eigenvalue weighted by Crippen LogP contribution is 2.11. The van der Waals surface area contributed by atoms with E-state index in [4.69, 9.17) is 0 Å². The number of nitrogens with one attached hydrogen (secondary N) is 1. The number of carbonyl (C=O) groups excluding carboxylic acids is 2. The van der Waals surface area contributed by atoms with Gasteiger partial charge in [-0.3, -0.25) is 9.59 Å². The number of hydrogen-bond acceptors (Lipinski definition) is 2. The summed E-state index contributed by atoms with van der Waals surface area (Å²) in [5.41, 5.74) is 0.760. The molecular formula is C16H23FN2O2. The van der Waals surface area contributed by atoms with E-state index in [1.165, 1.54) is 23.1 Å². The van der Waals surface area contributed by atoms with Crippen LogP contribution in [0.3, 0.4) is 0 Å². The van der Waals surface area contributed by atoms with Crippen LogP contribution in [0.1, 0.15) is 36.2 Å². The molecule has 0 radical (unpaired) electrons. The van der Waals surface area contributed by atoms with Gasteiger partial charge in [0.25, 0.3) is 5.91 Å². The molecule has 0 spiro atoms. The molecule has 0 aromatic heterocycles. The number of hydrogen-bond donors (Lipinski definition) is 1. The molecule has 1 aromatic carbocycles. The minimum atomic E-state index is -0.571. The minimum absolute atomic E-state index is 0.143. The molecular weight excluding hydrogens is 271 g/mol. The Balaban J connectivity index is 2.89. The van der Waals surface area contributed by atoms with Gasteiger partial charge in [-0.05, 0) is 43.0 Å². The SMILES string of the molecule is Cc1cc(C(=O)NC(CC(C)C)C(=O)N(C)C)ccc1F. The van der Waals surface area contributed by atoms with Gasteiger partial charge in [0, 0.05) is 19.7 Å². The molecule has 0 aliphatic heterocycles. The number of nitrogens with zero attached hydrogens (tertiary/aromatic N) is 1. The average Bonchev–Trinajstić information content (AvgIpc) is 2.39. The first-order valence-corrected chi connectivity index (χ1v) is 7.00. The summed E-state index contributed by atoms with van der Waals surface area (Å²) in [5.74, 6) is -0.585. The van der Waals surface area contributed by atoms with Crippen LogP contribution in [0.4, 0.5) is 4.39 Å². The summed E-state index contributed by atoms with van der Waals surface area (Å²) in [4.78, 5) is 25.8. The standard InChI is InChI=1S/C16H23FN2O2/c1-10(2)8-14(16(21)19(4)5)18-15(20)12-6-7-13(17)11(3)9-12/h6-7,9-10,14H,8H2,1-5H3,(H,18,20). The van der Waals surface area contributed by atoms with Gasteiger partial charge in [0.1, 0.15) is 11.9 Å². The van der Waals surface area contributed by atoms with E-state index in [2.05, 4.69) is 5.32 Å². The maximum atomic E-state index is 13.2. The zero-order chi connectivity index (χ0) is 16.2. The maximum Gasteiger partial charge on any atom is 0.251 e. The third-order valence-electron chi connectivity index (χ3n) is 3.17. The molecule has 116 valence electrons. The van der Waals surface area contributed by atoms with Crippen molar-refractivity contribution in [2.45, 2.75) is 33.2 Å². The van der Waals surface area contributed by atoms with Gasteiger partial charge in [0.15, 0.2) is 0 Å². The zero-order valence-electron chi connectivity index (χ0n) is 13.2. The average molecular weight is 294 g/mol. The summed E-state index contributed by atoms with van der Waals surface area (Å²) in [6.45, 7) is 5.58. The molecule has 4 nitrogen and oxygen atoms in total. The van der Waals surface area contributed by atoms with Crippen molar-refractivity contribution in [3.63, 3.8) is 0 Å². The summed E-state index contributed by atoms with van der Waals surface area (Å²) in [6.07, 6.45) is 0.558. The topological polar surface area (TPSA) is 49.4 Å². The highest BCUT2D eigenvalue weighted by molar-refractivity contribution is 5.97. The van der Waals surface area contributed by atoms with Crippen LogP contribution < -0.4 is 5.32 Å². The summed E-state index contributed by atoms with van der Waals surface area (Å²) < 4.78 is 13.2. The Labute approximate surface area is 125 Å². The molecule has 1 unspecified atom stereocenters. The monoisotopic (exact) mass is 294 g/mol. The van der Waals surface area contributed by atoms with Crippen molar-refractivity contribution in [3.05, 3.63) is 35.1 Å². The minimum Gasteiger partial charge on any atom is -0.347 e. The predicted octanol–water partition coefficient (Wildman–Crippen LogP) is 2.37. The first kappa shape index (κ1) is 17.1. The van der Waals surface area contributed by atoms with Gasteiger partial charge in [-0.25, -0.2) is 4.39 Å². The smallest absolute Gasteiger partial charge is 0.251 e. The second-order valence-corrected chi connectivity index (χ2v) is 5.85. The molecule has 1 rings (SSSR count). The van der Waals surface area contributed by atoms with Crippen LogP contribution in [0.2, 0.25) is 0 Å². The van der Waals surface area contributed by atoms with Crippen LogP contribution in [0.25, 0.3) is 0 Å². The van der Waals surface area contributed by atoms with Crippen molar-refractivity contribution in [3.8, 4) is 0 Å². The van der Waals surface area contributed by atoms with E-state index in [1.807, 2.05) is 13.8 Å². The van der Waals surface area contributed by atoms with Gasteiger partial charge in [0.05, 0.1) is 0 Å². The van der Waals surface area contributed by atoms with Crippen molar-refractivity contribution in [1.82, 2.24) is 10.2 Å². The second-order valence-electron chi connectivity index (χ2n) is 5.85. The lowest BCUT2D eigenvalue weighted by molar-refractivity contribution is -0.131. The fraction of sp³-hybridized carbons (Fsp3) is 0.500. The van der Waals surface area contributed by atoms with Crippen LogP contribution >= 0.6 is 0 Å². The van der Waals surface area contributed by atoms with Gasteiger partial charge in [-0.1, -0.05) is 13.8 Å². The molecule has 0 aliphatic rings. The van der Waals surface area contributed by atoms with E-state index in [9.17, 15) is 14.0 Å². The van der Waals surface area contributed by atoms with Crippen molar-refractivity contribution in [1.29, 1.82) is 0 Å². The lowest BCUT2D eigenvalue weighted by Crippen LogP contribution is -2.46. The van der Waals surface area contributed by atoms with E-state index in [-0.39, 0.29) is 23.5 Å². The summed E-state index contributed by atoms with van der Waals surface area (Å²) in [6, 6.07) is 3.59. The van der Waals surface area contributed by atoms with Gasteiger partial charge in [-0.15, -0.1) is 0 Å². The number of halogens is 1. The van der Waals surface area contributed by atoms with Crippen LogP contribution in [0, 0.1) is 18.7 Å². The largest absolute Gasteiger partial charge is 0.347 e. The molecule has 0 fully saturated rings. The fourth-order valence-corrected chi connectivity index (χ4v) is 2.03. The Bertz CT molecular complexity index is 527. The lowest BCUT2D eigenvalue weighted by atomic mass is 10.0.